The van der Waals surface area contributed by atoms with Crippen LogP contribution >= 0.6 is 11.8 Å². The largest absolute Gasteiger partial charge is 0.356 e. The topological polar surface area (TPSA) is 56.7 Å². The van der Waals surface area contributed by atoms with Gasteiger partial charge in [0.25, 0.3) is 0 Å². The lowest BCUT2D eigenvalue weighted by Gasteiger charge is -2.08. The van der Waals surface area contributed by atoms with E-state index in [0.29, 0.717) is 11.5 Å². The van der Waals surface area contributed by atoms with Crippen LogP contribution in [-0.4, -0.2) is 19.9 Å². The molecule has 0 aliphatic carbocycles. The smallest absolute Gasteiger partial charge is 0.191 e. The quantitative estimate of drug-likeness (QED) is 0.385. The molecule has 7 heteroatoms. The van der Waals surface area contributed by atoms with Crippen LogP contribution in [-0.2, 0) is 12.3 Å². The van der Waals surface area contributed by atoms with Crippen LogP contribution in [0.3, 0.4) is 0 Å². The molecule has 2 aromatic heterocycles. The number of halogens is 1. The highest BCUT2D eigenvalue weighted by Crippen LogP contribution is 2.31. The number of nitrogens with zero attached hydrogens (tertiary/aromatic N) is 4. The summed E-state index contributed by atoms with van der Waals surface area (Å²) in [6.07, 6.45) is 0. The molecular formula is C22H21FN4OS. The van der Waals surface area contributed by atoms with Crippen molar-refractivity contribution in [3.63, 3.8) is 0 Å². The van der Waals surface area contributed by atoms with Gasteiger partial charge in [0.2, 0.25) is 0 Å². The van der Waals surface area contributed by atoms with Gasteiger partial charge < -0.3 is 9.09 Å². The molecule has 0 fully saturated rings. The molecule has 0 atom stereocenters. The standard InChI is InChI=1S/C22H21FN4OS/c1-4-27-21(18-8-6-5-7-14(18)2)24-25-22(27)29-13-19-15(3)20(28-26-19)16-9-11-17(23)12-10-16/h5-12H,4,13H2,1-3H3. The maximum atomic E-state index is 13.2. The Hall–Kier alpha value is -2.93. The molecule has 0 aliphatic heterocycles. The van der Waals surface area contributed by atoms with E-state index in [-0.39, 0.29) is 5.82 Å². The van der Waals surface area contributed by atoms with Crippen LogP contribution < -0.4 is 0 Å². The van der Waals surface area contributed by atoms with Gasteiger partial charge in [-0.05, 0) is 50.6 Å². The van der Waals surface area contributed by atoms with Gasteiger partial charge in [-0.15, -0.1) is 10.2 Å². The molecule has 5 nitrogen and oxygen atoms in total. The number of thioether (sulfide) groups is 1. The summed E-state index contributed by atoms with van der Waals surface area (Å²) in [5.41, 5.74) is 4.86. The third kappa shape index (κ3) is 3.82. The summed E-state index contributed by atoms with van der Waals surface area (Å²) in [4.78, 5) is 0. The first-order chi connectivity index (χ1) is 14.1. The second kappa shape index (κ2) is 8.21. The molecule has 0 amide bonds. The number of aromatic nitrogens is 4. The summed E-state index contributed by atoms with van der Waals surface area (Å²) < 4.78 is 20.8. The second-order valence-electron chi connectivity index (χ2n) is 6.74. The van der Waals surface area contributed by atoms with Gasteiger partial charge in [0, 0.05) is 29.0 Å². The van der Waals surface area contributed by atoms with Crippen LogP contribution in [0.25, 0.3) is 22.7 Å². The molecule has 4 aromatic rings. The molecule has 0 spiro atoms. The first-order valence-corrected chi connectivity index (χ1v) is 10.4. The summed E-state index contributed by atoms with van der Waals surface area (Å²) >= 11 is 1.58. The molecular weight excluding hydrogens is 387 g/mol. The van der Waals surface area contributed by atoms with Gasteiger partial charge in [0.05, 0.1) is 5.69 Å². The lowest BCUT2D eigenvalue weighted by atomic mass is 10.1. The lowest BCUT2D eigenvalue weighted by molar-refractivity contribution is 0.426. The fourth-order valence-corrected chi connectivity index (χ4v) is 4.22. The number of hydrogen-bond acceptors (Lipinski definition) is 5. The minimum atomic E-state index is -0.273. The Bertz CT molecular complexity index is 1130. The molecule has 0 saturated carbocycles. The monoisotopic (exact) mass is 408 g/mol. The molecule has 2 heterocycles. The van der Waals surface area contributed by atoms with Crippen molar-refractivity contribution in [3.05, 3.63) is 71.2 Å². The number of rotatable bonds is 6. The van der Waals surface area contributed by atoms with Gasteiger partial charge in [-0.25, -0.2) is 4.39 Å². The number of aryl methyl sites for hydroxylation is 1. The fourth-order valence-electron chi connectivity index (χ4n) is 3.21. The molecule has 0 unspecified atom stereocenters. The Morgan fingerprint density at radius 3 is 2.52 bits per heavy atom. The Balaban J connectivity index is 1.56. The van der Waals surface area contributed by atoms with Gasteiger partial charge >= 0.3 is 0 Å². The maximum absolute atomic E-state index is 13.2. The third-order valence-corrected chi connectivity index (χ3v) is 5.86. The molecule has 29 heavy (non-hydrogen) atoms. The summed E-state index contributed by atoms with van der Waals surface area (Å²) in [6, 6.07) is 14.4. The minimum absolute atomic E-state index is 0.273. The van der Waals surface area contributed by atoms with E-state index < -0.39 is 0 Å². The van der Waals surface area contributed by atoms with Crippen LogP contribution in [0.2, 0.25) is 0 Å². The first kappa shape index (κ1) is 19.4. The Morgan fingerprint density at radius 2 is 1.79 bits per heavy atom. The van der Waals surface area contributed by atoms with Crippen molar-refractivity contribution in [1.82, 2.24) is 19.9 Å². The Kier molecular flexibility index (Phi) is 5.49. The summed E-state index contributed by atoms with van der Waals surface area (Å²) in [7, 11) is 0. The van der Waals surface area contributed by atoms with Gasteiger partial charge in [0.1, 0.15) is 5.82 Å². The Labute approximate surface area is 173 Å². The van der Waals surface area contributed by atoms with Crippen molar-refractivity contribution in [3.8, 4) is 22.7 Å². The number of benzene rings is 2. The molecule has 0 bridgehead atoms. The first-order valence-electron chi connectivity index (χ1n) is 9.41. The van der Waals surface area contributed by atoms with Gasteiger partial charge in [-0.2, -0.15) is 0 Å². The van der Waals surface area contributed by atoms with Gasteiger partial charge in [-0.1, -0.05) is 41.2 Å². The van der Waals surface area contributed by atoms with Crippen molar-refractivity contribution in [2.75, 3.05) is 0 Å². The molecule has 0 saturated heterocycles. The molecule has 0 radical (unpaired) electrons. The van der Waals surface area contributed by atoms with Crippen molar-refractivity contribution < 1.29 is 8.91 Å². The second-order valence-corrected chi connectivity index (χ2v) is 7.69. The average Bonchev–Trinajstić information content (AvgIpc) is 3.30. The van der Waals surface area contributed by atoms with E-state index in [9.17, 15) is 4.39 Å². The van der Waals surface area contributed by atoms with E-state index in [1.165, 1.54) is 17.7 Å². The number of hydrogen-bond donors (Lipinski definition) is 0. The SMILES string of the molecule is CCn1c(SCc2noc(-c3ccc(F)cc3)c2C)nnc1-c1ccccc1C. The highest BCUT2D eigenvalue weighted by molar-refractivity contribution is 7.98. The van der Waals surface area contributed by atoms with Crippen molar-refractivity contribution in [2.24, 2.45) is 0 Å². The van der Waals surface area contributed by atoms with E-state index in [1.807, 2.05) is 19.1 Å². The van der Waals surface area contributed by atoms with E-state index in [2.05, 4.69) is 45.9 Å². The van der Waals surface area contributed by atoms with Crippen LogP contribution in [0.15, 0.2) is 58.2 Å². The fraction of sp³-hybridized carbons (Fsp3) is 0.227. The highest BCUT2D eigenvalue weighted by atomic mass is 32.2. The summed E-state index contributed by atoms with van der Waals surface area (Å²) in [5, 5.41) is 13.9. The van der Waals surface area contributed by atoms with Gasteiger partial charge in [0.15, 0.2) is 16.7 Å². The molecule has 148 valence electrons. The minimum Gasteiger partial charge on any atom is -0.356 e. The van der Waals surface area contributed by atoms with Crippen LogP contribution in [0.4, 0.5) is 4.39 Å². The average molecular weight is 409 g/mol. The van der Waals surface area contributed by atoms with Crippen LogP contribution in [0, 0.1) is 19.7 Å². The highest BCUT2D eigenvalue weighted by Gasteiger charge is 2.18. The van der Waals surface area contributed by atoms with Gasteiger partial charge in [-0.3, -0.25) is 0 Å². The van der Waals surface area contributed by atoms with Crippen molar-refractivity contribution in [1.29, 1.82) is 0 Å². The lowest BCUT2D eigenvalue weighted by Crippen LogP contribution is -2.01. The predicted octanol–water partition coefficient (Wildman–Crippen LogP) is 5.67. The molecule has 4 rings (SSSR count). The maximum Gasteiger partial charge on any atom is 0.191 e. The summed E-state index contributed by atoms with van der Waals surface area (Å²) in [5.74, 6) is 1.88. The van der Waals surface area contributed by atoms with Crippen molar-refractivity contribution in [2.45, 2.75) is 38.2 Å². The van der Waals surface area contributed by atoms with E-state index in [4.69, 9.17) is 4.52 Å². The zero-order valence-electron chi connectivity index (χ0n) is 16.5. The normalized spacial score (nSPS) is 11.2. The van der Waals surface area contributed by atoms with Crippen LogP contribution in [0.1, 0.15) is 23.7 Å². The predicted molar refractivity (Wildman–Crippen MR) is 112 cm³/mol. The van der Waals surface area contributed by atoms with Crippen LogP contribution in [0.5, 0.6) is 0 Å². The molecule has 0 N–H and O–H groups in total. The third-order valence-electron chi connectivity index (χ3n) is 4.88. The molecule has 0 aliphatic rings. The molecule has 2 aromatic carbocycles. The summed E-state index contributed by atoms with van der Waals surface area (Å²) in [6.45, 7) is 6.90. The zero-order chi connectivity index (χ0) is 20.4. The van der Waals surface area contributed by atoms with E-state index in [0.717, 1.165) is 39.9 Å². The Morgan fingerprint density at radius 1 is 1.03 bits per heavy atom. The zero-order valence-corrected chi connectivity index (χ0v) is 17.3. The van der Waals surface area contributed by atoms with E-state index in [1.54, 1.807) is 23.9 Å². The van der Waals surface area contributed by atoms with E-state index >= 15 is 0 Å². The van der Waals surface area contributed by atoms with Crippen molar-refractivity contribution >= 4 is 11.8 Å².